The maximum Gasteiger partial charge on any atom is 0.352 e. The van der Waals surface area contributed by atoms with Gasteiger partial charge >= 0.3 is 11.9 Å². The van der Waals surface area contributed by atoms with E-state index in [1.54, 1.807) is 42.6 Å². The first-order chi connectivity index (χ1) is 13.3. The number of hydrogen-bond acceptors (Lipinski definition) is 5. The Labute approximate surface area is 166 Å². The van der Waals surface area contributed by atoms with Crippen LogP contribution in [0.25, 0.3) is 0 Å². The third kappa shape index (κ3) is 5.18. The Kier molecular flexibility index (Phi) is 6.12. The van der Waals surface area contributed by atoms with Crippen LogP contribution in [0.1, 0.15) is 62.1 Å². The van der Waals surface area contributed by atoms with Crippen LogP contribution in [-0.4, -0.2) is 23.0 Å². The number of benzene rings is 1. The average Bonchev–Trinajstić information content (AvgIpc) is 2.65. The minimum atomic E-state index is -1.10. The Balaban J connectivity index is 1.77. The van der Waals surface area contributed by atoms with E-state index in [0.717, 1.165) is 19.3 Å². The monoisotopic (exact) mass is 381 g/mol. The summed E-state index contributed by atoms with van der Waals surface area (Å²) in [5.74, 6) is -0.649. The highest BCUT2D eigenvalue weighted by Crippen LogP contribution is 2.40. The lowest BCUT2D eigenvalue weighted by molar-refractivity contribution is -0.164. The highest BCUT2D eigenvalue weighted by atomic mass is 16.6. The van der Waals surface area contributed by atoms with Crippen LogP contribution in [0.3, 0.4) is 0 Å². The van der Waals surface area contributed by atoms with E-state index < -0.39 is 18.0 Å². The van der Waals surface area contributed by atoms with Crippen molar-refractivity contribution >= 4 is 11.9 Å². The van der Waals surface area contributed by atoms with Crippen LogP contribution in [0.15, 0.2) is 54.9 Å². The first-order valence-electron chi connectivity index (χ1n) is 9.70. The number of pyridine rings is 1. The van der Waals surface area contributed by atoms with Crippen molar-refractivity contribution in [1.29, 1.82) is 0 Å². The van der Waals surface area contributed by atoms with Gasteiger partial charge in [-0.15, -0.1) is 0 Å². The van der Waals surface area contributed by atoms with E-state index in [9.17, 15) is 9.59 Å². The maximum atomic E-state index is 13.0. The lowest BCUT2D eigenvalue weighted by Gasteiger charge is -2.38. The number of ether oxygens (including phenoxy) is 2. The fraction of sp³-hybridized carbons (Fsp3) is 0.435. The third-order valence-corrected chi connectivity index (χ3v) is 5.07. The third-order valence-electron chi connectivity index (χ3n) is 5.07. The summed E-state index contributed by atoms with van der Waals surface area (Å²) in [6.07, 6.45) is 4.46. The van der Waals surface area contributed by atoms with Crippen LogP contribution in [0.4, 0.5) is 0 Å². The van der Waals surface area contributed by atoms with Gasteiger partial charge in [0, 0.05) is 18.0 Å². The van der Waals surface area contributed by atoms with E-state index in [2.05, 4.69) is 25.8 Å². The van der Waals surface area contributed by atoms with Gasteiger partial charge in [-0.05, 0) is 42.7 Å². The van der Waals surface area contributed by atoms with Crippen molar-refractivity contribution in [2.75, 3.05) is 0 Å². The molecule has 0 aliphatic heterocycles. The normalized spacial score (nSPS) is 22.1. The number of esters is 2. The standard InChI is InChI=1S/C23H27NO4/c1-16-12-19(14-23(2,3)13-16)27-22(26)20(17-8-5-4-6-9-17)28-21(25)18-10-7-11-24-15-18/h4-11,15-16,19-20H,12-14H2,1-3H3/t16-,19+,20?/m0/s1. The predicted molar refractivity (Wildman–Crippen MR) is 106 cm³/mol. The first-order valence-corrected chi connectivity index (χ1v) is 9.70. The summed E-state index contributed by atoms with van der Waals surface area (Å²) in [7, 11) is 0. The highest BCUT2D eigenvalue weighted by Gasteiger charge is 2.36. The van der Waals surface area contributed by atoms with Crippen molar-refractivity contribution in [2.45, 2.75) is 52.2 Å². The van der Waals surface area contributed by atoms with Gasteiger partial charge in [0.1, 0.15) is 6.10 Å². The molecule has 2 aromatic rings. The van der Waals surface area contributed by atoms with E-state index >= 15 is 0 Å². The zero-order valence-electron chi connectivity index (χ0n) is 16.6. The molecular weight excluding hydrogens is 354 g/mol. The van der Waals surface area contributed by atoms with Gasteiger partial charge < -0.3 is 9.47 Å². The largest absolute Gasteiger partial charge is 0.459 e. The number of hydrogen-bond donors (Lipinski definition) is 0. The highest BCUT2D eigenvalue weighted by molar-refractivity contribution is 5.91. The molecule has 0 radical (unpaired) electrons. The van der Waals surface area contributed by atoms with Gasteiger partial charge in [0.15, 0.2) is 0 Å². The molecular formula is C23H27NO4. The Hall–Kier alpha value is -2.69. The minimum Gasteiger partial charge on any atom is -0.459 e. The first kappa shape index (κ1) is 20.1. The zero-order valence-corrected chi connectivity index (χ0v) is 16.6. The van der Waals surface area contributed by atoms with Crippen molar-refractivity contribution in [1.82, 2.24) is 4.98 Å². The summed E-state index contributed by atoms with van der Waals surface area (Å²) in [5.41, 5.74) is 1.01. The van der Waals surface area contributed by atoms with Crippen molar-refractivity contribution in [3.8, 4) is 0 Å². The molecule has 1 fully saturated rings. The average molecular weight is 381 g/mol. The number of nitrogens with zero attached hydrogens (tertiary/aromatic N) is 1. The fourth-order valence-corrected chi connectivity index (χ4v) is 4.11. The molecule has 5 heteroatoms. The zero-order chi connectivity index (χ0) is 20.1. The fourth-order valence-electron chi connectivity index (χ4n) is 4.11. The van der Waals surface area contributed by atoms with Crippen molar-refractivity contribution < 1.29 is 19.1 Å². The summed E-state index contributed by atoms with van der Waals surface area (Å²) in [5, 5.41) is 0. The molecule has 5 nitrogen and oxygen atoms in total. The van der Waals surface area contributed by atoms with Crippen LogP contribution in [-0.2, 0) is 14.3 Å². The van der Waals surface area contributed by atoms with Crippen molar-refractivity contribution in [3.63, 3.8) is 0 Å². The second-order valence-corrected chi connectivity index (χ2v) is 8.41. The molecule has 0 bridgehead atoms. The van der Waals surface area contributed by atoms with Gasteiger partial charge in [-0.1, -0.05) is 51.1 Å². The van der Waals surface area contributed by atoms with Gasteiger partial charge in [-0.25, -0.2) is 9.59 Å². The Morgan fingerprint density at radius 2 is 1.86 bits per heavy atom. The van der Waals surface area contributed by atoms with Crippen molar-refractivity contribution in [3.05, 3.63) is 66.0 Å². The maximum absolute atomic E-state index is 13.0. The summed E-state index contributed by atoms with van der Waals surface area (Å²) in [4.78, 5) is 29.4. The van der Waals surface area contributed by atoms with E-state index in [1.165, 1.54) is 6.20 Å². The minimum absolute atomic E-state index is 0.122. The molecule has 3 rings (SSSR count). The lowest BCUT2D eigenvalue weighted by Crippen LogP contribution is -2.35. The molecule has 1 aromatic carbocycles. The molecule has 0 spiro atoms. The van der Waals surface area contributed by atoms with Crippen LogP contribution in [0.5, 0.6) is 0 Å². The van der Waals surface area contributed by atoms with Gasteiger partial charge in [0.05, 0.1) is 5.56 Å². The molecule has 28 heavy (non-hydrogen) atoms. The second kappa shape index (κ2) is 8.55. The molecule has 0 amide bonds. The molecule has 1 unspecified atom stereocenters. The molecule has 1 saturated carbocycles. The Morgan fingerprint density at radius 1 is 1.11 bits per heavy atom. The van der Waals surface area contributed by atoms with Crippen LogP contribution >= 0.6 is 0 Å². The molecule has 148 valence electrons. The van der Waals surface area contributed by atoms with Crippen LogP contribution in [0, 0.1) is 11.3 Å². The molecule has 1 aliphatic carbocycles. The summed E-state index contributed by atoms with van der Waals surface area (Å²) in [6, 6.07) is 12.2. The lowest BCUT2D eigenvalue weighted by atomic mass is 9.71. The van der Waals surface area contributed by atoms with Gasteiger partial charge in [0.2, 0.25) is 6.10 Å². The number of rotatable bonds is 5. The number of carbonyl (C=O) groups excluding carboxylic acids is 2. The quantitative estimate of drug-likeness (QED) is 0.700. The van der Waals surface area contributed by atoms with Gasteiger partial charge in [-0.2, -0.15) is 0 Å². The molecule has 1 heterocycles. The van der Waals surface area contributed by atoms with E-state index in [0.29, 0.717) is 17.0 Å². The Bertz CT molecular complexity index is 804. The van der Waals surface area contributed by atoms with Crippen molar-refractivity contribution in [2.24, 2.45) is 11.3 Å². The molecule has 0 N–H and O–H groups in total. The number of carbonyl (C=O) groups is 2. The smallest absolute Gasteiger partial charge is 0.352 e. The molecule has 1 aromatic heterocycles. The van der Waals surface area contributed by atoms with E-state index in [4.69, 9.17) is 9.47 Å². The second-order valence-electron chi connectivity index (χ2n) is 8.41. The number of aromatic nitrogens is 1. The summed E-state index contributed by atoms with van der Waals surface area (Å²) < 4.78 is 11.4. The van der Waals surface area contributed by atoms with Crippen LogP contribution < -0.4 is 0 Å². The molecule has 0 saturated heterocycles. The molecule has 1 aliphatic rings. The van der Waals surface area contributed by atoms with Gasteiger partial charge in [0.25, 0.3) is 0 Å². The molecule has 3 atom stereocenters. The topological polar surface area (TPSA) is 65.5 Å². The van der Waals surface area contributed by atoms with Crippen LogP contribution in [0.2, 0.25) is 0 Å². The summed E-state index contributed by atoms with van der Waals surface area (Å²) in [6.45, 7) is 6.57. The van der Waals surface area contributed by atoms with E-state index in [1.807, 2.05) is 6.07 Å². The SMILES string of the molecule is C[C@H]1C[C@@H](OC(=O)C(OC(=O)c2cccnc2)c2ccccc2)CC(C)(C)C1. The predicted octanol–water partition coefficient (Wildman–Crippen LogP) is 4.74. The van der Waals surface area contributed by atoms with E-state index in [-0.39, 0.29) is 11.5 Å². The Morgan fingerprint density at radius 3 is 2.50 bits per heavy atom. The summed E-state index contributed by atoms with van der Waals surface area (Å²) >= 11 is 0. The van der Waals surface area contributed by atoms with Gasteiger partial charge in [-0.3, -0.25) is 4.98 Å².